The molecule has 0 bridgehead atoms. The minimum Gasteiger partial charge on any atom is -0.0826 e. The van der Waals surface area contributed by atoms with E-state index in [1.165, 1.54) is 6.07 Å². The summed E-state index contributed by atoms with van der Waals surface area (Å²) < 4.78 is 0. The van der Waals surface area contributed by atoms with Gasteiger partial charge in [0, 0.05) is 11.1 Å². The van der Waals surface area contributed by atoms with Crippen LogP contribution in [-0.2, 0) is 0 Å². The quantitative estimate of drug-likeness (QED) is 0.455. The van der Waals surface area contributed by atoms with Gasteiger partial charge in [0.05, 0.1) is 35.2 Å². The molecule has 0 atom stereocenters. The van der Waals surface area contributed by atoms with Crippen molar-refractivity contribution in [1.29, 1.82) is 0 Å². The van der Waals surface area contributed by atoms with E-state index in [-0.39, 0.29) is 35.2 Å². The molecule has 0 unspecified atom stereocenters. The Bertz CT molecular complexity index is 591. The van der Waals surface area contributed by atoms with Gasteiger partial charge in [-0.1, -0.05) is 81.2 Å². The van der Waals surface area contributed by atoms with Crippen LogP contribution in [-0.4, -0.2) is 0 Å². The van der Waals surface area contributed by atoms with Crippen molar-refractivity contribution < 1.29 is 0 Å². The summed E-state index contributed by atoms with van der Waals surface area (Å²) in [5.41, 5.74) is 0.938. The Labute approximate surface area is 133 Å². The molecule has 0 N–H and O–H groups in total. The number of hydrogen-bond acceptors (Lipinski definition) is 0. The number of rotatable bonds is 0. The predicted octanol–water partition coefficient (Wildman–Crippen LogP) is 7.37. The molecule has 0 aromatic rings. The lowest BCUT2D eigenvalue weighted by molar-refractivity contribution is 1.83. The van der Waals surface area contributed by atoms with Crippen LogP contribution in [0, 0.1) is 0 Å². The minimum absolute atomic E-state index is 0.105. The van der Waals surface area contributed by atoms with Crippen molar-refractivity contribution in [3.05, 3.63) is 41.2 Å². The Morgan fingerprint density at radius 2 is 1.00 bits per heavy atom. The van der Waals surface area contributed by atoms with Crippen molar-refractivity contribution in [3.8, 4) is 11.1 Å². The first kappa shape index (κ1) is 14.1. The van der Waals surface area contributed by atoms with Gasteiger partial charge in [-0.2, -0.15) is 0 Å². The largest absolute Gasteiger partial charge is 0.0826 e. The number of hydrogen-bond donors (Lipinski definition) is 0. The fourth-order valence-electron chi connectivity index (χ4n) is 1.40. The summed E-state index contributed by atoms with van der Waals surface area (Å²) in [4.78, 5) is 0. The fraction of sp³-hybridized carbons (Fsp3) is 0. The van der Waals surface area contributed by atoms with Crippen LogP contribution in [0.15, 0.2) is 6.07 Å². The molecule has 7 heteroatoms. The van der Waals surface area contributed by atoms with Crippen molar-refractivity contribution in [1.82, 2.24) is 0 Å². The van der Waals surface area contributed by atoms with Gasteiger partial charge in [0.1, 0.15) is 0 Å². The van der Waals surface area contributed by atoms with Gasteiger partial charge < -0.3 is 0 Å². The van der Waals surface area contributed by atoms with Gasteiger partial charge in [-0.15, -0.1) is 0 Å². The zero-order chi connectivity index (χ0) is 12.9. The summed E-state index contributed by atoms with van der Waals surface area (Å²) >= 11 is 42.0. The SMILES string of the molecule is Clc1cc2c(Cl)c(Cl)c(Cl)c-2c(Cl)c(Cl)c1Cl. The summed E-state index contributed by atoms with van der Waals surface area (Å²) in [5.74, 6) is 0. The Morgan fingerprint density at radius 1 is 0.529 bits per heavy atom. The molecule has 0 fully saturated rings. The van der Waals surface area contributed by atoms with E-state index < -0.39 is 0 Å². The summed E-state index contributed by atoms with van der Waals surface area (Å²) in [5, 5.41) is 1.32. The van der Waals surface area contributed by atoms with Crippen molar-refractivity contribution >= 4 is 81.2 Å². The van der Waals surface area contributed by atoms with Crippen LogP contribution in [0.4, 0.5) is 0 Å². The zero-order valence-electron chi connectivity index (χ0n) is 7.72. The van der Waals surface area contributed by atoms with Crippen molar-refractivity contribution in [2.75, 3.05) is 0 Å². The number of fused-ring (bicyclic) bond motifs is 1. The molecule has 2 rings (SSSR count). The van der Waals surface area contributed by atoms with E-state index in [2.05, 4.69) is 0 Å². The third-order valence-corrected chi connectivity index (χ3v) is 5.28. The molecule has 17 heavy (non-hydrogen) atoms. The molecule has 0 spiro atoms. The van der Waals surface area contributed by atoms with Gasteiger partial charge in [-0.3, -0.25) is 0 Å². The Hall–Kier alpha value is 0.730. The van der Waals surface area contributed by atoms with Gasteiger partial charge in [0.15, 0.2) is 0 Å². The van der Waals surface area contributed by atoms with Crippen molar-refractivity contribution in [3.63, 3.8) is 0 Å². The second-order valence-corrected chi connectivity index (χ2v) is 5.84. The third kappa shape index (κ3) is 2.19. The zero-order valence-corrected chi connectivity index (χ0v) is 13.0. The van der Waals surface area contributed by atoms with Crippen LogP contribution in [0.2, 0.25) is 35.2 Å². The smallest absolute Gasteiger partial charge is 0.0800 e. The molecule has 0 saturated heterocycles. The lowest BCUT2D eigenvalue weighted by Gasteiger charge is -1.98. The molecule has 0 saturated carbocycles. The highest BCUT2D eigenvalue weighted by Crippen LogP contribution is 2.52. The lowest BCUT2D eigenvalue weighted by Crippen LogP contribution is -1.71. The van der Waals surface area contributed by atoms with E-state index >= 15 is 0 Å². The van der Waals surface area contributed by atoms with E-state index in [1.807, 2.05) is 0 Å². The standard InChI is InChI=1S/C10HCl7/c11-3-1-2-4(7(14)9(16)5(2)12)8(15)10(17)6(3)13/h1H. The molecule has 2 aliphatic carbocycles. The molecule has 0 radical (unpaired) electrons. The first-order valence-electron chi connectivity index (χ1n) is 4.15. The highest BCUT2D eigenvalue weighted by Gasteiger charge is 2.25. The molecule has 0 heterocycles. The highest BCUT2D eigenvalue weighted by atomic mass is 35.5. The van der Waals surface area contributed by atoms with Gasteiger partial charge in [-0.25, -0.2) is 0 Å². The Balaban J connectivity index is 3.04. The topological polar surface area (TPSA) is 0 Å². The summed E-state index contributed by atoms with van der Waals surface area (Å²) in [7, 11) is 0. The first-order valence-corrected chi connectivity index (χ1v) is 6.80. The maximum atomic E-state index is 6.10. The third-order valence-electron chi connectivity index (χ3n) is 2.20. The molecule has 0 nitrogen and oxygen atoms in total. The van der Waals surface area contributed by atoms with Crippen molar-refractivity contribution in [2.24, 2.45) is 0 Å². The second-order valence-electron chi connectivity index (χ2n) is 3.16. The van der Waals surface area contributed by atoms with Gasteiger partial charge in [-0.05, 0) is 6.07 Å². The molecule has 0 aromatic carbocycles. The van der Waals surface area contributed by atoms with Crippen LogP contribution in [0.1, 0.15) is 0 Å². The number of halogens is 7. The lowest BCUT2D eigenvalue weighted by atomic mass is 10.2. The predicted molar refractivity (Wildman–Crippen MR) is 78.1 cm³/mol. The summed E-state index contributed by atoms with van der Waals surface area (Å²) in [6, 6.07) is 1.52. The van der Waals surface area contributed by atoms with Crippen LogP contribution in [0.5, 0.6) is 0 Å². The summed E-state index contributed by atoms with van der Waals surface area (Å²) in [6.45, 7) is 0. The monoisotopic (exact) mass is 366 g/mol. The Morgan fingerprint density at radius 3 is 1.53 bits per heavy atom. The van der Waals surface area contributed by atoms with E-state index in [4.69, 9.17) is 81.2 Å². The molecule has 90 valence electrons. The minimum atomic E-state index is 0.105. The maximum absolute atomic E-state index is 6.10. The first-order chi connectivity index (χ1) is 7.86. The van der Waals surface area contributed by atoms with Gasteiger partial charge in [0.2, 0.25) is 0 Å². The van der Waals surface area contributed by atoms with Crippen LogP contribution >= 0.6 is 81.2 Å². The fourth-order valence-corrected chi connectivity index (χ4v) is 3.17. The highest BCUT2D eigenvalue weighted by molar-refractivity contribution is 6.56. The average molecular weight is 369 g/mol. The van der Waals surface area contributed by atoms with Crippen LogP contribution < -0.4 is 0 Å². The van der Waals surface area contributed by atoms with E-state index in [1.54, 1.807) is 0 Å². The van der Waals surface area contributed by atoms with Gasteiger partial charge in [0.25, 0.3) is 0 Å². The second kappa shape index (κ2) is 5.02. The molecule has 0 aromatic heterocycles. The molecular formula is C10HCl7. The normalized spacial score (nSPS) is 11.2. The average Bonchev–Trinajstić information content (AvgIpc) is 2.46. The molecule has 2 aliphatic rings. The maximum Gasteiger partial charge on any atom is 0.0800 e. The van der Waals surface area contributed by atoms with E-state index in [0.29, 0.717) is 11.1 Å². The van der Waals surface area contributed by atoms with E-state index in [0.717, 1.165) is 0 Å². The van der Waals surface area contributed by atoms with E-state index in [9.17, 15) is 0 Å². The van der Waals surface area contributed by atoms with Crippen molar-refractivity contribution in [2.45, 2.75) is 0 Å². The molecule has 0 aliphatic heterocycles. The molecule has 0 amide bonds. The molecular weight excluding hydrogens is 368 g/mol. The Kier molecular flexibility index (Phi) is 4.17. The van der Waals surface area contributed by atoms with Gasteiger partial charge >= 0.3 is 0 Å². The van der Waals surface area contributed by atoms with Crippen LogP contribution in [0.25, 0.3) is 11.1 Å². The van der Waals surface area contributed by atoms with Crippen LogP contribution in [0.3, 0.4) is 0 Å². The summed E-state index contributed by atoms with van der Waals surface area (Å²) in [6.07, 6.45) is 0.